The molecule has 1 aromatic carbocycles. The van der Waals surface area contributed by atoms with Crippen LogP contribution in [0.15, 0.2) is 24.3 Å². The summed E-state index contributed by atoms with van der Waals surface area (Å²) >= 11 is 0. The molecule has 2 aliphatic carbocycles. The highest BCUT2D eigenvalue weighted by molar-refractivity contribution is 5.34. The second kappa shape index (κ2) is 6.93. The van der Waals surface area contributed by atoms with Gasteiger partial charge in [-0.2, -0.15) is 0 Å². The van der Waals surface area contributed by atoms with Gasteiger partial charge in [-0.25, -0.2) is 0 Å². The standard InChI is InChI=1S/C19H30N2/c1-3-13-20-19-17-10-5-4-9-16(17)11-12-18(19)21(2)14-15-7-6-8-15/h4-5,9-10,15,18-20H,3,6-8,11-14H2,1-2H3. The number of fused-ring (bicyclic) bond motifs is 1. The fraction of sp³-hybridized carbons (Fsp3) is 0.684. The summed E-state index contributed by atoms with van der Waals surface area (Å²) in [5, 5.41) is 3.83. The Labute approximate surface area is 129 Å². The Morgan fingerprint density at radius 3 is 2.71 bits per heavy atom. The molecule has 116 valence electrons. The fourth-order valence-electron chi connectivity index (χ4n) is 3.98. The van der Waals surface area contributed by atoms with E-state index in [2.05, 4.69) is 48.5 Å². The van der Waals surface area contributed by atoms with Crippen molar-refractivity contribution in [3.63, 3.8) is 0 Å². The predicted molar refractivity (Wildman–Crippen MR) is 89.6 cm³/mol. The first-order valence-electron chi connectivity index (χ1n) is 8.81. The normalized spacial score (nSPS) is 25.7. The number of hydrogen-bond donors (Lipinski definition) is 1. The van der Waals surface area contributed by atoms with Crippen LogP contribution in [0.2, 0.25) is 0 Å². The number of hydrogen-bond acceptors (Lipinski definition) is 2. The van der Waals surface area contributed by atoms with Crippen LogP contribution in [0.25, 0.3) is 0 Å². The maximum atomic E-state index is 3.83. The summed E-state index contributed by atoms with van der Waals surface area (Å²) in [5.74, 6) is 0.957. The Balaban J connectivity index is 1.75. The van der Waals surface area contributed by atoms with Gasteiger partial charge in [0.1, 0.15) is 0 Å². The van der Waals surface area contributed by atoms with E-state index in [0.29, 0.717) is 12.1 Å². The first kappa shape index (κ1) is 15.1. The molecule has 0 bridgehead atoms. The smallest absolute Gasteiger partial charge is 0.0480 e. The summed E-state index contributed by atoms with van der Waals surface area (Å²) in [5.41, 5.74) is 3.10. The van der Waals surface area contributed by atoms with Crippen molar-refractivity contribution in [3.8, 4) is 0 Å². The van der Waals surface area contributed by atoms with E-state index in [1.54, 1.807) is 11.1 Å². The molecule has 1 fully saturated rings. The van der Waals surface area contributed by atoms with Gasteiger partial charge in [-0.3, -0.25) is 0 Å². The number of nitrogens with one attached hydrogen (secondary N) is 1. The maximum Gasteiger partial charge on any atom is 0.0480 e. The Bertz CT molecular complexity index is 453. The minimum Gasteiger partial charge on any atom is -0.309 e. The first-order chi connectivity index (χ1) is 10.3. The van der Waals surface area contributed by atoms with E-state index in [4.69, 9.17) is 0 Å². The Morgan fingerprint density at radius 1 is 1.19 bits per heavy atom. The number of rotatable bonds is 6. The van der Waals surface area contributed by atoms with E-state index in [9.17, 15) is 0 Å². The molecule has 2 heteroatoms. The molecule has 0 aliphatic heterocycles. The number of likely N-dealkylation sites (N-methyl/N-ethyl adjacent to an activating group) is 1. The number of benzene rings is 1. The lowest BCUT2D eigenvalue weighted by Gasteiger charge is -2.42. The van der Waals surface area contributed by atoms with Crippen LogP contribution < -0.4 is 5.32 Å². The SMILES string of the molecule is CCCNC1c2ccccc2CCC1N(C)CC1CCC1. The molecule has 2 unspecified atom stereocenters. The van der Waals surface area contributed by atoms with Crippen molar-refractivity contribution in [2.75, 3.05) is 20.1 Å². The molecule has 2 nitrogen and oxygen atoms in total. The zero-order chi connectivity index (χ0) is 14.7. The van der Waals surface area contributed by atoms with E-state index in [1.807, 2.05) is 0 Å². The summed E-state index contributed by atoms with van der Waals surface area (Å²) in [6, 6.07) is 10.2. The lowest BCUT2D eigenvalue weighted by molar-refractivity contribution is 0.123. The van der Waals surface area contributed by atoms with E-state index in [-0.39, 0.29) is 0 Å². The number of aryl methyl sites for hydroxylation is 1. The van der Waals surface area contributed by atoms with Gasteiger partial charge in [0.05, 0.1) is 0 Å². The molecular weight excluding hydrogens is 256 g/mol. The molecule has 21 heavy (non-hydrogen) atoms. The Morgan fingerprint density at radius 2 is 2.00 bits per heavy atom. The largest absolute Gasteiger partial charge is 0.309 e. The van der Waals surface area contributed by atoms with Gasteiger partial charge in [0.15, 0.2) is 0 Å². The van der Waals surface area contributed by atoms with Crippen LogP contribution in [-0.4, -0.2) is 31.1 Å². The zero-order valence-electron chi connectivity index (χ0n) is 13.6. The van der Waals surface area contributed by atoms with Gasteiger partial charge < -0.3 is 10.2 Å². The van der Waals surface area contributed by atoms with Crippen molar-refractivity contribution in [1.29, 1.82) is 0 Å². The second-order valence-electron chi connectivity index (χ2n) is 6.97. The molecule has 0 heterocycles. The van der Waals surface area contributed by atoms with Crippen LogP contribution in [0.5, 0.6) is 0 Å². The van der Waals surface area contributed by atoms with E-state index >= 15 is 0 Å². The molecule has 0 aromatic heterocycles. The van der Waals surface area contributed by atoms with Gasteiger partial charge in [-0.05, 0) is 62.7 Å². The molecule has 1 saturated carbocycles. The summed E-state index contributed by atoms with van der Waals surface area (Å²) in [6.07, 6.45) is 8.07. The lowest BCUT2D eigenvalue weighted by atomic mass is 9.81. The molecule has 1 aromatic rings. The summed E-state index contributed by atoms with van der Waals surface area (Å²) < 4.78 is 0. The van der Waals surface area contributed by atoms with Gasteiger partial charge in [-0.15, -0.1) is 0 Å². The topological polar surface area (TPSA) is 15.3 Å². The summed E-state index contributed by atoms with van der Waals surface area (Å²) in [4.78, 5) is 2.65. The van der Waals surface area contributed by atoms with Crippen molar-refractivity contribution >= 4 is 0 Å². The van der Waals surface area contributed by atoms with E-state index < -0.39 is 0 Å². The van der Waals surface area contributed by atoms with Crippen LogP contribution in [0.3, 0.4) is 0 Å². The van der Waals surface area contributed by atoms with Gasteiger partial charge in [0.2, 0.25) is 0 Å². The molecule has 0 spiro atoms. The molecule has 2 atom stereocenters. The van der Waals surface area contributed by atoms with Crippen molar-refractivity contribution in [2.45, 2.75) is 57.5 Å². The lowest BCUT2D eigenvalue weighted by Crippen LogP contribution is -2.47. The van der Waals surface area contributed by atoms with Crippen LogP contribution >= 0.6 is 0 Å². The van der Waals surface area contributed by atoms with Crippen LogP contribution in [-0.2, 0) is 6.42 Å². The summed E-state index contributed by atoms with van der Waals surface area (Å²) in [7, 11) is 2.34. The highest BCUT2D eigenvalue weighted by atomic mass is 15.2. The zero-order valence-corrected chi connectivity index (χ0v) is 13.6. The van der Waals surface area contributed by atoms with Crippen LogP contribution in [0, 0.1) is 5.92 Å². The van der Waals surface area contributed by atoms with Gasteiger partial charge in [0.25, 0.3) is 0 Å². The quantitative estimate of drug-likeness (QED) is 0.856. The predicted octanol–water partition coefficient (Wildman–Crippen LogP) is 3.77. The molecule has 0 saturated heterocycles. The van der Waals surface area contributed by atoms with Crippen molar-refractivity contribution < 1.29 is 0 Å². The minimum absolute atomic E-state index is 0.514. The Kier molecular flexibility index (Phi) is 4.97. The maximum absolute atomic E-state index is 3.83. The molecule has 0 amide bonds. The number of nitrogens with zero attached hydrogens (tertiary/aromatic N) is 1. The highest BCUT2D eigenvalue weighted by Crippen LogP contribution is 2.34. The first-order valence-corrected chi connectivity index (χ1v) is 8.81. The van der Waals surface area contributed by atoms with E-state index in [1.165, 1.54) is 45.1 Å². The molecule has 0 radical (unpaired) electrons. The third-order valence-electron chi connectivity index (χ3n) is 5.44. The third-order valence-corrected chi connectivity index (χ3v) is 5.44. The second-order valence-corrected chi connectivity index (χ2v) is 6.97. The van der Waals surface area contributed by atoms with Crippen LogP contribution in [0.1, 0.15) is 56.2 Å². The molecule has 3 rings (SSSR count). The van der Waals surface area contributed by atoms with Gasteiger partial charge >= 0.3 is 0 Å². The highest BCUT2D eigenvalue weighted by Gasteiger charge is 2.33. The molecular formula is C19H30N2. The fourth-order valence-corrected chi connectivity index (χ4v) is 3.98. The third kappa shape index (κ3) is 3.32. The monoisotopic (exact) mass is 286 g/mol. The molecule has 1 N–H and O–H groups in total. The van der Waals surface area contributed by atoms with E-state index in [0.717, 1.165) is 12.5 Å². The average molecular weight is 286 g/mol. The van der Waals surface area contributed by atoms with Crippen LogP contribution in [0.4, 0.5) is 0 Å². The van der Waals surface area contributed by atoms with Gasteiger partial charge in [-0.1, -0.05) is 37.6 Å². The average Bonchev–Trinajstić information content (AvgIpc) is 2.48. The minimum atomic E-state index is 0.514. The molecule has 2 aliphatic rings. The Hall–Kier alpha value is -0.860. The van der Waals surface area contributed by atoms with Gasteiger partial charge in [0, 0.05) is 18.6 Å². The van der Waals surface area contributed by atoms with Crippen molar-refractivity contribution in [1.82, 2.24) is 10.2 Å². The summed E-state index contributed by atoms with van der Waals surface area (Å²) in [6.45, 7) is 4.67. The van der Waals surface area contributed by atoms with Crippen molar-refractivity contribution in [2.24, 2.45) is 5.92 Å². The van der Waals surface area contributed by atoms with Crippen molar-refractivity contribution in [3.05, 3.63) is 35.4 Å².